The van der Waals surface area contributed by atoms with Crippen molar-refractivity contribution < 1.29 is 29.0 Å². The van der Waals surface area contributed by atoms with Gasteiger partial charge in [0, 0.05) is 12.6 Å². The Morgan fingerprint density at radius 2 is 1.86 bits per heavy atom. The number of hydrogen-bond acceptors (Lipinski definition) is 5. The Balaban J connectivity index is 2.26. The molecule has 0 atom stereocenters. The normalized spacial score (nSPS) is 10.0. The number of amides is 1. The van der Waals surface area contributed by atoms with Gasteiger partial charge in [-0.05, 0) is 24.6 Å². The highest BCUT2D eigenvalue weighted by Gasteiger charge is 2.19. The fraction of sp³-hybridized carbons (Fsp3) is 0.190. The number of anilines is 1. The summed E-state index contributed by atoms with van der Waals surface area (Å²) in [6.45, 7) is 4.94. The van der Waals surface area contributed by atoms with E-state index in [2.05, 4.69) is 6.58 Å². The first-order valence-corrected chi connectivity index (χ1v) is 8.50. The van der Waals surface area contributed by atoms with Gasteiger partial charge in [0.15, 0.2) is 5.78 Å². The lowest BCUT2D eigenvalue weighted by Gasteiger charge is -2.22. The van der Waals surface area contributed by atoms with Crippen molar-refractivity contribution in [3.8, 4) is 5.75 Å². The summed E-state index contributed by atoms with van der Waals surface area (Å²) in [7, 11) is 0. The van der Waals surface area contributed by atoms with Gasteiger partial charge in [-0.2, -0.15) is 0 Å². The number of ketones is 1. The molecule has 0 saturated heterocycles. The van der Waals surface area contributed by atoms with E-state index < -0.39 is 12.1 Å². The van der Waals surface area contributed by atoms with Gasteiger partial charge in [0.25, 0.3) is 0 Å². The molecule has 0 bridgehead atoms. The first kappa shape index (κ1) is 20.7. The lowest BCUT2D eigenvalue weighted by Crippen LogP contribution is -2.31. The number of nitrogens with zero attached hydrogens (tertiary/aromatic N) is 1. The van der Waals surface area contributed by atoms with Crippen LogP contribution in [0.25, 0.3) is 0 Å². The number of carbonyl (C=O) groups excluding carboxylic acids is 2. The molecular weight excluding hydrogens is 362 g/mol. The number of rotatable bonds is 9. The number of ether oxygens (including phenoxy) is 2. The lowest BCUT2D eigenvalue weighted by atomic mass is 10.1. The molecule has 0 radical (unpaired) electrons. The molecule has 28 heavy (non-hydrogen) atoms. The van der Waals surface area contributed by atoms with Crippen LogP contribution in [0, 0.1) is 0 Å². The number of aromatic carboxylic acids is 1. The maximum atomic E-state index is 12.6. The molecule has 2 aromatic rings. The Morgan fingerprint density at radius 3 is 2.46 bits per heavy atom. The van der Waals surface area contributed by atoms with E-state index in [1.54, 1.807) is 0 Å². The van der Waals surface area contributed by atoms with Crippen molar-refractivity contribution in [1.29, 1.82) is 0 Å². The number of hydrogen-bond donors (Lipinski definition) is 1. The predicted octanol–water partition coefficient (Wildman–Crippen LogP) is 3.68. The zero-order chi connectivity index (χ0) is 20.5. The minimum Gasteiger partial charge on any atom is -0.486 e. The van der Waals surface area contributed by atoms with Crippen LogP contribution in [-0.2, 0) is 16.1 Å². The van der Waals surface area contributed by atoms with Crippen molar-refractivity contribution in [2.45, 2.75) is 13.5 Å². The summed E-state index contributed by atoms with van der Waals surface area (Å²) in [6.07, 6.45) is 0.830. The topological polar surface area (TPSA) is 93.1 Å². The molecule has 0 unspecified atom stereocenters. The van der Waals surface area contributed by atoms with E-state index in [9.17, 15) is 19.5 Å². The number of carboxylic acid groups (broad SMARTS) is 1. The molecule has 0 aromatic heterocycles. The van der Waals surface area contributed by atoms with Crippen LogP contribution < -0.4 is 9.64 Å². The molecule has 0 spiro atoms. The summed E-state index contributed by atoms with van der Waals surface area (Å²) in [5.41, 5.74) is 0.997. The third kappa shape index (κ3) is 5.98. The molecule has 0 aliphatic rings. The molecule has 7 heteroatoms. The average Bonchev–Trinajstić information content (AvgIpc) is 2.69. The number of benzene rings is 2. The van der Waals surface area contributed by atoms with Gasteiger partial charge in [0.1, 0.15) is 19.0 Å². The van der Waals surface area contributed by atoms with Crippen LogP contribution >= 0.6 is 0 Å². The fourth-order valence-corrected chi connectivity index (χ4v) is 2.34. The molecule has 1 N–H and O–H groups in total. The van der Waals surface area contributed by atoms with Crippen molar-refractivity contribution in [2.24, 2.45) is 0 Å². The first-order chi connectivity index (χ1) is 13.4. The van der Waals surface area contributed by atoms with Crippen LogP contribution in [0.2, 0.25) is 0 Å². The smallest absolute Gasteiger partial charge is 0.414 e. The SMILES string of the molecule is C=CCN(C(=O)OCc1ccccc1)c1cc(OCC(C)=O)cc(C(=O)O)c1. The number of carboxylic acids is 1. The molecule has 0 aliphatic carbocycles. The van der Waals surface area contributed by atoms with Crippen molar-refractivity contribution in [3.05, 3.63) is 72.3 Å². The summed E-state index contributed by atoms with van der Waals surface area (Å²) < 4.78 is 10.7. The van der Waals surface area contributed by atoms with Gasteiger partial charge in [0.2, 0.25) is 0 Å². The first-order valence-electron chi connectivity index (χ1n) is 8.50. The van der Waals surface area contributed by atoms with Gasteiger partial charge in [-0.3, -0.25) is 9.69 Å². The summed E-state index contributed by atoms with van der Waals surface area (Å²) in [4.78, 5) is 36.4. The van der Waals surface area contributed by atoms with Crippen LogP contribution in [0.15, 0.2) is 61.2 Å². The average molecular weight is 383 g/mol. The molecular formula is C21H21NO6. The molecule has 0 aliphatic heterocycles. The van der Waals surface area contributed by atoms with Crippen molar-refractivity contribution in [2.75, 3.05) is 18.1 Å². The molecule has 0 heterocycles. The van der Waals surface area contributed by atoms with E-state index >= 15 is 0 Å². The van der Waals surface area contributed by atoms with Crippen LogP contribution in [0.5, 0.6) is 5.75 Å². The number of carbonyl (C=O) groups is 3. The molecule has 7 nitrogen and oxygen atoms in total. The summed E-state index contributed by atoms with van der Waals surface area (Å²) in [5, 5.41) is 9.34. The second-order valence-corrected chi connectivity index (χ2v) is 5.95. The van der Waals surface area contributed by atoms with E-state index in [-0.39, 0.29) is 42.5 Å². The minimum absolute atomic E-state index is 0.0691. The van der Waals surface area contributed by atoms with Gasteiger partial charge in [-0.25, -0.2) is 9.59 Å². The Bertz CT molecular complexity index is 862. The number of Topliss-reactive ketones (excluding diaryl/α,β-unsaturated/α-hetero) is 1. The van der Waals surface area contributed by atoms with Crippen LogP contribution in [-0.4, -0.2) is 36.1 Å². The maximum Gasteiger partial charge on any atom is 0.414 e. The summed E-state index contributed by atoms with van der Waals surface area (Å²) in [5.74, 6) is -1.24. The quantitative estimate of drug-likeness (QED) is 0.664. The van der Waals surface area contributed by atoms with E-state index in [1.165, 1.54) is 36.1 Å². The van der Waals surface area contributed by atoms with Crippen molar-refractivity contribution in [1.82, 2.24) is 0 Å². The Labute approximate surface area is 162 Å². The monoisotopic (exact) mass is 383 g/mol. The van der Waals surface area contributed by atoms with E-state index in [0.717, 1.165) is 5.56 Å². The second kappa shape index (κ2) is 9.91. The van der Waals surface area contributed by atoms with Crippen molar-refractivity contribution in [3.63, 3.8) is 0 Å². The maximum absolute atomic E-state index is 12.6. The molecule has 0 saturated carbocycles. The Kier molecular flexibility index (Phi) is 7.33. The van der Waals surface area contributed by atoms with Gasteiger partial charge in [-0.15, -0.1) is 6.58 Å². The molecule has 1 amide bonds. The fourth-order valence-electron chi connectivity index (χ4n) is 2.34. The zero-order valence-corrected chi connectivity index (χ0v) is 15.5. The molecule has 2 rings (SSSR count). The van der Waals surface area contributed by atoms with E-state index in [1.807, 2.05) is 30.3 Å². The molecule has 2 aromatic carbocycles. The minimum atomic E-state index is -1.19. The van der Waals surface area contributed by atoms with Crippen LogP contribution in [0.4, 0.5) is 10.5 Å². The second-order valence-electron chi connectivity index (χ2n) is 5.95. The Hall–Kier alpha value is -3.61. The van der Waals surface area contributed by atoms with Gasteiger partial charge >= 0.3 is 12.1 Å². The Morgan fingerprint density at radius 1 is 1.14 bits per heavy atom. The predicted molar refractivity (Wildman–Crippen MR) is 104 cm³/mol. The van der Waals surface area contributed by atoms with Gasteiger partial charge < -0.3 is 14.6 Å². The standard InChI is InChI=1S/C21H21NO6/c1-3-9-22(21(26)28-14-16-7-5-4-6-8-16)18-10-17(20(24)25)11-19(12-18)27-13-15(2)23/h3-8,10-12H,1,9,13-14H2,2H3,(H,24,25). The highest BCUT2D eigenvalue weighted by atomic mass is 16.6. The largest absolute Gasteiger partial charge is 0.486 e. The highest BCUT2D eigenvalue weighted by Crippen LogP contribution is 2.25. The third-order valence-corrected chi connectivity index (χ3v) is 3.63. The summed E-state index contributed by atoms with van der Waals surface area (Å²) in [6, 6.07) is 13.3. The van der Waals surface area contributed by atoms with Crippen LogP contribution in [0.3, 0.4) is 0 Å². The van der Waals surface area contributed by atoms with Crippen molar-refractivity contribution >= 4 is 23.5 Å². The third-order valence-electron chi connectivity index (χ3n) is 3.63. The molecule has 146 valence electrons. The van der Waals surface area contributed by atoms with Crippen LogP contribution in [0.1, 0.15) is 22.8 Å². The van der Waals surface area contributed by atoms with Gasteiger partial charge in [-0.1, -0.05) is 36.4 Å². The van der Waals surface area contributed by atoms with E-state index in [4.69, 9.17) is 9.47 Å². The van der Waals surface area contributed by atoms with Gasteiger partial charge in [0.05, 0.1) is 11.3 Å². The lowest BCUT2D eigenvalue weighted by molar-refractivity contribution is -0.118. The van der Waals surface area contributed by atoms with E-state index in [0.29, 0.717) is 0 Å². The molecule has 0 fully saturated rings. The highest BCUT2D eigenvalue weighted by molar-refractivity contribution is 5.93. The zero-order valence-electron chi connectivity index (χ0n) is 15.5. The summed E-state index contributed by atoms with van der Waals surface area (Å²) >= 11 is 0.